The monoisotopic (exact) mass is 417 g/mol. The van der Waals surface area contributed by atoms with Crippen LogP contribution in [0.15, 0.2) is 42.6 Å². The zero-order chi connectivity index (χ0) is 21.5. The number of aliphatic hydroxyl groups is 1. The second-order valence-corrected chi connectivity index (χ2v) is 7.48. The van der Waals surface area contributed by atoms with E-state index in [2.05, 4.69) is 15.6 Å². The van der Waals surface area contributed by atoms with Crippen molar-refractivity contribution in [2.45, 2.75) is 25.0 Å². The van der Waals surface area contributed by atoms with Gasteiger partial charge in [-0.1, -0.05) is 18.2 Å². The van der Waals surface area contributed by atoms with Crippen molar-refractivity contribution in [2.75, 3.05) is 25.5 Å². The summed E-state index contributed by atoms with van der Waals surface area (Å²) >= 11 is 0. The van der Waals surface area contributed by atoms with E-state index in [0.717, 1.165) is 6.07 Å². The molecule has 1 aromatic heterocycles. The molecule has 1 aliphatic heterocycles. The number of fused-ring (bicyclic) bond motifs is 1. The predicted molar refractivity (Wildman–Crippen MR) is 108 cm³/mol. The number of nitrogens with one attached hydrogen (secondary N) is 2. The Labute approximate surface area is 171 Å². The molecule has 0 spiro atoms. The molecular formula is C22H22F3N3O2. The van der Waals surface area contributed by atoms with Crippen LogP contribution >= 0.6 is 0 Å². The number of hydrogen-bond donors (Lipinski definition) is 3. The molecule has 2 aromatic carbocycles. The van der Waals surface area contributed by atoms with Crippen LogP contribution in [0.3, 0.4) is 0 Å². The smallest absolute Gasteiger partial charge is 0.266 e. The zero-order valence-electron chi connectivity index (χ0n) is 16.5. The Balaban J connectivity index is 1.75. The molecule has 5 nitrogen and oxygen atoms in total. The lowest BCUT2D eigenvalue weighted by Gasteiger charge is -2.38. The molecule has 4 rings (SSSR count). The SMILES string of the molecule is COc1cc2nccc(NC(C)c3cccc(C(F)F)c3F)c2cc1C1(O)CNC1. The summed E-state index contributed by atoms with van der Waals surface area (Å²) < 4.78 is 46.1. The van der Waals surface area contributed by atoms with Crippen molar-refractivity contribution >= 4 is 16.6 Å². The maximum atomic E-state index is 14.6. The number of hydrogen-bond acceptors (Lipinski definition) is 5. The third kappa shape index (κ3) is 3.46. The van der Waals surface area contributed by atoms with Crippen molar-refractivity contribution in [2.24, 2.45) is 0 Å². The lowest BCUT2D eigenvalue weighted by molar-refractivity contribution is -0.0163. The Morgan fingerprint density at radius 3 is 2.57 bits per heavy atom. The summed E-state index contributed by atoms with van der Waals surface area (Å²) in [7, 11) is 1.53. The normalized spacial score (nSPS) is 16.4. The topological polar surface area (TPSA) is 66.4 Å². The van der Waals surface area contributed by atoms with E-state index in [1.807, 2.05) is 6.07 Å². The van der Waals surface area contributed by atoms with Gasteiger partial charge in [-0.25, -0.2) is 13.2 Å². The van der Waals surface area contributed by atoms with Gasteiger partial charge in [0.15, 0.2) is 0 Å². The molecule has 0 saturated carbocycles. The van der Waals surface area contributed by atoms with Gasteiger partial charge in [0.25, 0.3) is 6.43 Å². The molecule has 3 aromatic rings. The van der Waals surface area contributed by atoms with Crippen molar-refractivity contribution in [3.8, 4) is 5.75 Å². The summed E-state index contributed by atoms with van der Waals surface area (Å²) in [5.41, 5.74) is 0.391. The Morgan fingerprint density at radius 2 is 1.93 bits per heavy atom. The quantitative estimate of drug-likeness (QED) is 0.559. The first-order valence-electron chi connectivity index (χ1n) is 9.57. The van der Waals surface area contributed by atoms with Gasteiger partial charge in [-0.2, -0.15) is 0 Å². The van der Waals surface area contributed by atoms with E-state index in [-0.39, 0.29) is 5.56 Å². The van der Waals surface area contributed by atoms with E-state index in [1.165, 1.54) is 19.2 Å². The summed E-state index contributed by atoms with van der Waals surface area (Å²) in [5, 5.41) is 17.8. The van der Waals surface area contributed by atoms with Crippen LogP contribution in [0.1, 0.15) is 36.1 Å². The maximum absolute atomic E-state index is 14.6. The molecule has 0 amide bonds. The van der Waals surface area contributed by atoms with Crippen LogP contribution in [0, 0.1) is 5.82 Å². The van der Waals surface area contributed by atoms with Gasteiger partial charge in [-0.15, -0.1) is 0 Å². The van der Waals surface area contributed by atoms with Crippen LogP contribution < -0.4 is 15.4 Å². The summed E-state index contributed by atoms with van der Waals surface area (Å²) in [6.07, 6.45) is -1.28. The molecular weight excluding hydrogens is 395 g/mol. The lowest BCUT2D eigenvalue weighted by atomic mass is 9.86. The van der Waals surface area contributed by atoms with Crippen LogP contribution in [0.25, 0.3) is 10.9 Å². The third-order valence-corrected chi connectivity index (χ3v) is 5.53. The van der Waals surface area contributed by atoms with E-state index in [9.17, 15) is 18.3 Å². The Morgan fingerprint density at radius 1 is 1.20 bits per heavy atom. The molecule has 0 aliphatic carbocycles. The minimum atomic E-state index is -2.88. The van der Waals surface area contributed by atoms with Crippen LogP contribution in [0.4, 0.5) is 18.9 Å². The standard InChI is InChI=1S/C22H22F3N3O2/c1-12(13-4-3-5-14(20(13)23)21(24)25)28-17-6-7-27-18-9-19(30-2)16(8-15(17)18)22(29)10-26-11-22/h3-9,12,21,26,29H,10-11H2,1-2H3,(H,27,28). The number of β-amino-alcohol motifs (C(OH)–C–C–N with tert-alkyl or cyclic N) is 1. The van der Waals surface area contributed by atoms with Crippen molar-refractivity contribution in [3.05, 3.63) is 65.1 Å². The number of nitrogens with zero attached hydrogens (tertiary/aromatic N) is 1. The van der Waals surface area contributed by atoms with Crippen molar-refractivity contribution in [1.29, 1.82) is 0 Å². The largest absolute Gasteiger partial charge is 0.496 e. The molecule has 30 heavy (non-hydrogen) atoms. The van der Waals surface area contributed by atoms with Gasteiger partial charge >= 0.3 is 0 Å². The van der Waals surface area contributed by atoms with Crippen molar-refractivity contribution < 1.29 is 23.0 Å². The highest BCUT2D eigenvalue weighted by Crippen LogP contribution is 2.38. The highest BCUT2D eigenvalue weighted by Gasteiger charge is 2.39. The molecule has 8 heteroatoms. The maximum Gasteiger partial charge on any atom is 0.266 e. The molecule has 1 saturated heterocycles. The van der Waals surface area contributed by atoms with Gasteiger partial charge in [0.05, 0.1) is 24.2 Å². The van der Waals surface area contributed by atoms with E-state index in [1.54, 1.807) is 25.3 Å². The number of benzene rings is 2. The summed E-state index contributed by atoms with van der Waals surface area (Å²) in [6.45, 7) is 2.51. The van der Waals surface area contributed by atoms with E-state index in [0.29, 0.717) is 41.0 Å². The van der Waals surface area contributed by atoms with Gasteiger partial charge in [0, 0.05) is 47.6 Å². The second kappa shape index (κ2) is 7.77. The van der Waals surface area contributed by atoms with Gasteiger partial charge in [-0.05, 0) is 19.1 Å². The first kappa shape index (κ1) is 20.4. The van der Waals surface area contributed by atoms with E-state index >= 15 is 0 Å². The third-order valence-electron chi connectivity index (χ3n) is 5.53. The molecule has 1 fully saturated rings. The van der Waals surface area contributed by atoms with Gasteiger partial charge < -0.3 is 20.5 Å². The van der Waals surface area contributed by atoms with Crippen LogP contribution in [0.5, 0.6) is 5.75 Å². The minimum absolute atomic E-state index is 0.147. The first-order chi connectivity index (χ1) is 14.3. The number of anilines is 1. The van der Waals surface area contributed by atoms with Crippen molar-refractivity contribution in [3.63, 3.8) is 0 Å². The minimum Gasteiger partial charge on any atom is -0.496 e. The number of pyridine rings is 1. The lowest BCUT2D eigenvalue weighted by Crippen LogP contribution is -2.56. The Bertz CT molecular complexity index is 1090. The molecule has 1 unspecified atom stereocenters. The number of alkyl halides is 2. The average Bonchev–Trinajstić information content (AvgIpc) is 2.71. The van der Waals surface area contributed by atoms with Gasteiger partial charge in [0.2, 0.25) is 0 Å². The molecule has 2 heterocycles. The highest BCUT2D eigenvalue weighted by atomic mass is 19.3. The summed E-state index contributed by atoms with van der Waals surface area (Å²) in [4.78, 5) is 4.36. The van der Waals surface area contributed by atoms with Gasteiger partial charge in [0.1, 0.15) is 17.2 Å². The average molecular weight is 417 g/mol. The van der Waals surface area contributed by atoms with Crippen LogP contribution in [-0.2, 0) is 5.60 Å². The number of aromatic nitrogens is 1. The van der Waals surface area contributed by atoms with Crippen LogP contribution in [0.2, 0.25) is 0 Å². The fourth-order valence-corrected chi connectivity index (χ4v) is 3.77. The number of halogens is 3. The molecule has 1 aliphatic rings. The molecule has 0 radical (unpaired) electrons. The van der Waals surface area contributed by atoms with Crippen LogP contribution in [-0.4, -0.2) is 30.3 Å². The summed E-state index contributed by atoms with van der Waals surface area (Å²) in [6, 6.07) is 8.70. The first-order valence-corrected chi connectivity index (χ1v) is 9.57. The van der Waals surface area contributed by atoms with E-state index in [4.69, 9.17) is 4.74 Å². The zero-order valence-corrected chi connectivity index (χ0v) is 16.5. The molecule has 158 valence electrons. The van der Waals surface area contributed by atoms with E-state index < -0.39 is 29.4 Å². The number of methoxy groups -OCH3 is 1. The summed E-state index contributed by atoms with van der Waals surface area (Å²) in [5.74, 6) is -0.386. The van der Waals surface area contributed by atoms with Gasteiger partial charge in [-0.3, -0.25) is 4.98 Å². The fraction of sp³-hybridized carbons (Fsp3) is 0.318. The predicted octanol–water partition coefficient (Wildman–Crippen LogP) is 4.28. The fourth-order valence-electron chi connectivity index (χ4n) is 3.77. The Kier molecular flexibility index (Phi) is 5.29. The molecule has 3 N–H and O–H groups in total. The number of rotatable bonds is 6. The second-order valence-electron chi connectivity index (χ2n) is 7.48. The van der Waals surface area contributed by atoms with Crippen molar-refractivity contribution in [1.82, 2.24) is 10.3 Å². The molecule has 1 atom stereocenters. The number of ether oxygens (including phenoxy) is 1. The Hall–Kier alpha value is -2.84. The highest BCUT2D eigenvalue weighted by molar-refractivity contribution is 5.93. The molecule has 0 bridgehead atoms.